The Morgan fingerprint density at radius 3 is 2.29 bits per heavy atom. The molecule has 0 radical (unpaired) electrons. The first-order valence-electron chi connectivity index (χ1n) is 11.0. The van der Waals surface area contributed by atoms with Crippen LogP contribution in [0.3, 0.4) is 0 Å². The van der Waals surface area contributed by atoms with Crippen molar-refractivity contribution in [3.63, 3.8) is 0 Å². The molecule has 2 heterocycles. The molecule has 0 atom stereocenters. The van der Waals surface area contributed by atoms with Crippen LogP contribution in [0.15, 0.2) is 41.0 Å². The molecule has 0 bridgehead atoms. The lowest BCUT2D eigenvalue weighted by Gasteiger charge is -2.27. The maximum absolute atomic E-state index is 13.5. The summed E-state index contributed by atoms with van der Waals surface area (Å²) in [6.07, 6.45) is 1.17. The number of hydrogen-bond acceptors (Lipinski definition) is 8. The number of furan rings is 1. The van der Waals surface area contributed by atoms with E-state index in [1.54, 1.807) is 34.9 Å². The molecule has 0 saturated carbocycles. The van der Waals surface area contributed by atoms with Crippen molar-refractivity contribution in [2.45, 2.75) is 32.1 Å². The van der Waals surface area contributed by atoms with Crippen LogP contribution in [0.1, 0.15) is 6.42 Å². The van der Waals surface area contributed by atoms with Crippen LogP contribution in [0.25, 0.3) is 17.3 Å². The van der Waals surface area contributed by atoms with Crippen molar-refractivity contribution in [1.82, 2.24) is 14.8 Å². The Bertz CT molecular complexity index is 1250. The van der Waals surface area contributed by atoms with E-state index in [9.17, 15) is 13.2 Å². The fourth-order valence-corrected chi connectivity index (χ4v) is 5.87. The average Bonchev–Trinajstić information content (AvgIpc) is 3.46. The molecule has 2 N–H and O–H groups in total. The van der Waals surface area contributed by atoms with Crippen LogP contribution in [0, 0.1) is 0 Å². The van der Waals surface area contributed by atoms with Gasteiger partial charge in [0.05, 0.1) is 26.2 Å². The second-order valence-electron chi connectivity index (χ2n) is 9.06. The monoisotopic (exact) mass is 521 g/mol. The summed E-state index contributed by atoms with van der Waals surface area (Å²) in [6, 6.07) is 9.24. The van der Waals surface area contributed by atoms with Crippen molar-refractivity contribution in [2.75, 3.05) is 30.8 Å². The van der Waals surface area contributed by atoms with Crippen molar-refractivity contribution in [3.05, 3.63) is 36.6 Å². The number of amides is 1. The van der Waals surface area contributed by atoms with Gasteiger partial charge in [-0.3, -0.25) is 9.36 Å². The van der Waals surface area contributed by atoms with E-state index in [4.69, 9.17) is 19.6 Å². The van der Waals surface area contributed by atoms with Crippen LogP contribution in [0.2, 0.25) is 25.7 Å². The lowest BCUT2D eigenvalue weighted by molar-refractivity contribution is -0.117. The van der Waals surface area contributed by atoms with Crippen molar-refractivity contribution in [1.29, 1.82) is 0 Å². The number of methoxy groups -OCH3 is 2. The number of carbonyl (C=O) groups is 1. The van der Waals surface area contributed by atoms with Gasteiger partial charge >= 0.3 is 0 Å². The fraction of sp³-hybridized carbons (Fsp3) is 0.409. The highest BCUT2D eigenvalue weighted by Gasteiger charge is 2.33. The van der Waals surface area contributed by atoms with Gasteiger partial charge in [0.1, 0.15) is 17.2 Å². The smallest absolute Gasteiger partial charge is 0.246 e. The first-order valence-corrected chi connectivity index (χ1v) is 16.3. The summed E-state index contributed by atoms with van der Waals surface area (Å²) in [5, 5.41) is 8.56. The second kappa shape index (κ2) is 10.5. The van der Waals surface area contributed by atoms with Gasteiger partial charge in [0.2, 0.25) is 27.7 Å². The number of nitrogens with zero attached hydrogens (tertiary/aromatic N) is 4. The summed E-state index contributed by atoms with van der Waals surface area (Å²) in [6.45, 7) is 6.58. The minimum absolute atomic E-state index is 0.0296. The van der Waals surface area contributed by atoms with E-state index in [0.717, 1.165) is 0 Å². The molecule has 1 aromatic carbocycles. The zero-order valence-electron chi connectivity index (χ0n) is 20.5. The number of para-hydroxylation sites is 1. The number of nitrogens with two attached hydrogens (primary N) is 1. The van der Waals surface area contributed by atoms with Crippen LogP contribution in [0.5, 0.6) is 11.5 Å². The van der Waals surface area contributed by atoms with E-state index < -0.39 is 29.8 Å². The third-order valence-electron chi connectivity index (χ3n) is 5.24. The summed E-state index contributed by atoms with van der Waals surface area (Å²) < 4.78 is 46.5. The normalized spacial score (nSPS) is 11.9. The van der Waals surface area contributed by atoms with Crippen molar-refractivity contribution in [2.24, 2.45) is 5.73 Å². The van der Waals surface area contributed by atoms with E-state index in [-0.39, 0.29) is 24.7 Å². The van der Waals surface area contributed by atoms with Gasteiger partial charge < -0.3 is 19.6 Å². The highest BCUT2D eigenvalue weighted by molar-refractivity contribution is 7.92. The van der Waals surface area contributed by atoms with E-state index in [2.05, 4.69) is 29.8 Å². The molecule has 3 aromatic rings. The quantitative estimate of drug-likeness (QED) is 0.358. The van der Waals surface area contributed by atoms with Gasteiger partial charge in [-0.25, -0.2) is 12.7 Å². The molecule has 0 aliphatic heterocycles. The SMILES string of the molecule is COc1cccc(OC)c1-n1c(-c2ccco2)nnc1N(CC[Si](C)(C)C)S(=O)(=O)CCC(N)=O. The third-order valence-corrected chi connectivity index (χ3v) is 8.70. The molecule has 0 aliphatic carbocycles. The van der Waals surface area contributed by atoms with Crippen molar-refractivity contribution >= 4 is 30.0 Å². The number of rotatable bonds is 12. The molecule has 0 unspecified atom stereocenters. The Hall–Kier alpha value is -3.32. The Morgan fingerprint density at radius 1 is 1.11 bits per heavy atom. The molecule has 11 nitrogen and oxygen atoms in total. The molecule has 0 aliphatic rings. The number of ether oxygens (including phenoxy) is 2. The van der Waals surface area contributed by atoms with Gasteiger partial charge in [-0.2, -0.15) is 0 Å². The van der Waals surface area contributed by atoms with E-state index in [1.807, 2.05) is 0 Å². The molecule has 13 heteroatoms. The maximum atomic E-state index is 13.5. The third kappa shape index (κ3) is 6.03. The maximum Gasteiger partial charge on any atom is 0.246 e. The number of anilines is 1. The molecular formula is C22H31N5O6SSi. The summed E-state index contributed by atoms with van der Waals surface area (Å²) >= 11 is 0. The van der Waals surface area contributed by atoms with E-state index in [1.165, 1.54) is 24.8 Å². The van der Waals surface area contributed by atoms with Crippen molar-refractivity contribution < 1.29 is 27.1 Å². The first-order chi connectivity index (χ1) is 16.5. The lowest BCUT2D eigenvalue weighted by Crippen LogP contribution is -2.39. The molecule has 0 saturated heterocycles. The standard InChI is InChI=1S/C22H31N5O6SSi/c1-31-16-8-6-9-17(32-2)20(16)27-21(18-10-7-13-33-18)24-25-22(27)26(12-15-35(3,4)5)34(29,30)14-11-19(23)28/h6-10,13H,11-12,14-15H2,1-5H3,(H2,23,28). The molecular weight excluding hydrogens is 490 g/mol. The molecule has 190 valence electrons. The van der Waals surface area contributed by atoms with Crippen LogP contribution >= 0.6 is 0 Å². The molecule has 0 fully saturated rings. The highest BCUT2D eigenvalue weighted by atomic mass is 32.2. The van der Waals surface area contributed by atoms with Crippen LogP contribution < -0.4 is 19.5 Å². The molecule has 1 amide bonds. The van der Waals surface area contributed by atoms with Gasteiger partial charge in [0, 0.05) is 21.0 Å². The number of benzene rings is 1. The minimum Gasteiger partial charge on any atom is -0.494 e. The van der Waals surface area contributed by atoms with E-state index in [0.29, 0.717) is 29.0 Å². The zero-order valence-corrected chi connectivity index (χ0v) is 22.3. The predicted octanol–water partition coefficient (Wildman–Crippen LogP) is 2.89. The Morgan fingerprint density at radius 2 is 1.77 bits per heavy atom. The van der Waals surface area contributed by atoms with Crippen LogP contribution in [-0.2, 0) is 14.8 Å². The Kier molecular flexibility index (Phi) is 7.90. The van der Waals surface area contributed by atoms with Gasteiger partial charge in [-0.1, -0.05) is 25.7 Å². The van der Waals surface area contributed by atoms with Gasteiger partial charge in [-0.05, 0) is 30.3 Å². The fourth-order valence-electron chi connectivity index (χ4n) is 3.40. The Labute approximate surface area is 205 Å². The van der Waals surface area contributed by atoms with Crippen LogP contribution in [-0.4, -0.2) is 63.7 Å². The number of primary amides is 1. The molecule has 3 rings (SSSR count). The van der Waals surface area contributed by atoms with Crippen molar-refractivity contribution in [3.8, 4) is 28.8 Å². The highest BCUT2D eigenvalue weighted by Crippen LogP contribution is 2.39. The Balaban J connectivity index is 2.30. The summed E-state index contributed by atoms with van der Waals surface area (Å²) in [4.78, 5) is 11.4. The summed E-state index contributed by atoms with van der Waals surface area (Å²) in [5.74, 6) is 0.327. The van der Waals surface area contributed by atoms with Gasteiger partial charge in [0.15, 0.2) is 5.76 Å². The van der Waals surface area contributed by atoms with E-state index >= 15 is 0 Å². The number of aromatic nitrogens is 3. The summed E-state index contributed by atoms with van der Waals surface area (Å²) in [5.41, 5.74) is 5.66. The minimum atomic E-state index is -4.00. The number of carbonyl (C=O) groups excluding carboxylic acids is 1. The van der Waals surface area contributed by atoms with Crippen LogP contribution in [0.4, 0.5) is 5.95 Å². The zero-order chi connectivity index (χ0) is 25.8. The first kappa shape index (κ1) is 26.3. The van der Waals surface area contributed by atoms with Gasteiger partial charge in [0.25, 0.3) is 0 Å². The average molecular weight is 522 g/mol. The largest absolute Gasteiger partial charge is 0.494 e. The topological polar surface area (TPSA) is 143 Å². The summed E-state index contributed by atoms with van der Waals surface area (Å²) in [7, 11) is -2.67. The molecule has 2 aromatic heterocycles. The lowest BCUT2D eigenvalue weighted by atomic mass is 10.2. The predicted molar refractivity (Wildman–Crippen MR) is 135 cm³/mol. The molecule has 0 spiro atoms. The second-order valence-corrected chi connectivity index (χ2v) is 16.7. The van der Waals surface area contributed by atoms with Gasteiger partial charge in [-0.15, -0.1) is 10.2 Å². The number of sulfonamides is 1. The molecule has 35 heavy (non-hydrogen) atoms. The number of hydrogen-bond donors (Lipinski definition) is 1.